The predicted molar refractivity (Wildman–Crippen MR) is 126 cm³/mol. The Morgan fingerprint density at radius 2 is 2.06 bits per heavy atom. The zero-order chi connectivity index (χ0) is 21.9. The van der Waals surface area contributed by atoms with Crippen LogP contribution in [0.5, 0.6) is 11.5 Å². The molecule has 4 aromatic rings. The summed E-state index contributed by atoms with van der Waals surface area (Å²) in [6, 6.07) is 17.3. The molecule has 2 aromatic heterocycles. The fraction of sp³-hybridized carbons (Fsp3) is 0.125. The third-order valence-electron chi connectivity index (χ3n) is 5.06. The standard InChI is InChI=1S/C24H19ClN4O2S/c25-18-7-8-22-20(10-18)29(14-17-5-1-2-6-21(17)31-22)24-28-19(15-32-24)11-23(30)27-13-16-4-3-9-26-12-16/h1-10,12,15H,11,13-14H2,(H,27,30). The highest BCUT2D eigenvalue weighted by molar-refractivity contribution is 7.13. The molecule has 8 heteroatoms. The second-order valence-corrected chi connectivity index (χ2v) is 8.62. The molecular weight excluding hydrogens is 444 g/mol. The molecule has 32 heavy (non-hydrogen) atoms. The number of hydrogen-bond donors (Lipinski definition) is 1. The molecule has 2 aromatic carbocycles. The van der Waals surface area contributed by atoms with Crippen LogP contribution in [0, 0.1) is 0 Å². The molecule has 1 aliphatic rings. The van der Waals surface area contributed by atoms with Gasteiger partial charge in [-0.05, 0) is 35.9 Å². The first kappa shape index (κ1) is 20.5. The van der Waals surface area contributed by atoms with Crippen LogP contribution >= 0.6 is 22.9 Å². The second-order valence-electron chi connectivity index (χ2n) is 7.34. The van der Waals surface area contributed by atoms with Crippen molar-refractivity contribution in [1.82, 2.24) is 15.3 Å². The van der Waals surface area contributed by atoms with Gasteiger partial charge in [-0.1, -0.05) is 35.9 Å². The smallest absolute Gasteiger partial charge is 0.226 e. The van der Waals surface area contributed by atoms with E-state index in [1.807, 2.05) is 60.0 Å². The van der Waals surface area contributed by atoms with E-state index in [4.69, 9.17) is 21.3 Å². The van der Waals surface area contributed by atoms with Gasteiger partial charge in [0.1, 0.15) is 5.75 Å². The maximum Gasteiger partial charge on any atom is 0.226 e. The highest BCUT2D eigenvalue weighted by Gasteiger charge is 2.24. The molecule has 1 amide bonds. The van der Waals surface area contributed by atoms with Crippen LogP contribution in [0.3, 0.4) is 0 Å². The lowest BCUT2D eigenvalue weighted by atomic mass is 10.2. The van der Waals surface area contributed by atoms with Crippen LogP contribution in [0.25, 0.3) is 0 Å². The molecule has 5 rings (SSSR count). The van der Waals surface area contributed by atoms with Crippen LogP contribution in [0.1, 0.15) is 16.8 Å². The fourth-order valence-corrected chi connectivity index (χ4v) is 4.50. The van der Waals surface area contributed by atoms with Gasteiger partial charge in [-0.2, -0.15) is 0 Å². The van der Waals surface area contributed by atoms with Crippen molar-refractivity contribution < 1.29 is 9.53 Å². The Labute approximate surface area is 194 Å². The van der Waals surface area contributed by atoms with Crippen LogP contribution in [0.4, 0.5) is 10.8 Å². The van der Waals surface area contributed by atoms with Crippen molar-refractivity contribution in [2.75, 3.05) is 4.90 Å². The van der Waals surface area contributed by atoms with E-state index >= 15 is 0 Å². The van der Waals surface area contributed by atoms with Crippen LogP contribution in [0.15, 0.2) is 72.4 Å². The van der Waals surface area contributed by atoms with Crippen molar-refractivity contribution >= 4 is 39.7 Å². The Kier molecular flexibility index (Phi) is 5.75. The van der Waals surface area contributed by atoms with Gasteiger partial charge < -0.3 is 15.0 Å². The maximum atomic E-state index is 12.4. The van der Waals surface area contributed by atoms with E-state index in [-0.39, 0.29) is 12.3 Å². The molecule has 160 valence electrons. The number of benzene rings is 2. The largest absolute Gasteiger partial charge is 0.455 e. The van der Waals surface area contributed by atoms with Gasteiger partial charge in [0, 0.05) is 34.9 Å². The Hall–Kier alpha value is -3.42. The van der Waals surface area contributed by atoms with Gasteiger partial charge in [0.15, 0.2) is 10.9 Å². The van der Waals surface area contributed by atoms with Crippen LogP contribution in [-0.2, 0) is 24.3 Å². The lowest BCUT2D eigenvalue weighted by molar-refractivity contribution is -0.120. The summed E-state index contributed by atoms with van der Waals surface area (Å²) in [5.74, 6) is 1.44. The number of carbonyl (C=O) groups excluding carboxylic acids is 1. The van der Waals surface area contributed by atoms with Gasteiger partial charge >= 0.3 is 0 Å². The van der Waals surface area contributed by atoms with E-state index in [2.05, 4.69) is 15.2 Å². The van der Waals surface area contributed by atoms with Crippen molar-refractivity contribution in [2.45, 2.75) is 19.5 Å². The third kappa shape index (κ3) is 4.44. The quantitative estimate of drug-likeness (QED) is 0.424. The summed E-state index contributed by atoms with van der Waals surface area (Å²) in [6.45, 7) is 1.03. The number of halogens is 1. The van der Waals surface area contributed by atoms with Crippen LogP contribution in [0.2, 0.25) is 5.02 Å². The first-order valence-electron chi connectivity index (χ1n) is 10.1. The predicted octanol–water partition coefficient (Wildman–Crippen LogP) is 5.49. The van der Waals surface area contributed by atoms with Crippen LogP contribution in [-0.4, -0.2) is 15.9 Å². The molecule has 0 saturated carbocycles. The number of nitrogens with zero attached hydrogens (tertiary/aromatic N) is 3. The van der Waals surface area contributed by atoms with Crippen molar-refractivity contribution in [2.24, 2.45) is 0 Å². The molecule has 0 radical (unpaired) electrons. The van der Waals surface area contributed by atoms with E-state index < -0.39 is 0 Å². The average Bonchev–Trinajstić information content (AvgIpc) is 3.20. The molecule has 6 nitrogen and oxygen atoms in total. The number of para-hydroxylation sites is 1. The van der Waals surface area contributed by atoms with Gasteiger partial charge in [0.2, 0.25) is 5.91 Å². The van der Waals surface area contributed by atoms with Gasteiger partial charge in [-0.25, -0.2) is 4.98 Å². The summed E-state index contributed by atoms with van der Waals surface area (Å²) in [7, 11) is 0. The zero-order valence-corrected chi connectivity index (χ0v) is 18.6. The molecule has 0 saturated heterocycles. The normalized spacial score (nSPS) is 12.3. The number of amides is 1. The summed E-state index contributed by atoms with van der Waals surface area (Å²) < 4.78 is 6.16. The number of thiazole rings is 1. The van der Waals surface area contributed by atoms with E-state index in [0.717, 1.165) is 33.4 Å². The first-order chi connectivity index (χ1) is 15.7. The topological polar surface area (TPSA) is 67.4 Å². The Morgan fingerprint density at radius 3 is 2.94 bits per heavy atom. The van der Waals surface area contributed by atoms with Crippen LogP contribution < -0.4 is 15.0 Å². The zero-order valence-electron chi connectivity index (χ0n) is 17.0. The van der Waals surface area contributed by atoms with Gasteiger partial charge in [-0.3, -0.25) is 9.78 Å². The van der Waals surface area contributed by atoms with E-state index in [1.54, 1.807) is 12.4 Å². The molecule has 0 atom stereocenters. The van der Waals surface area contributed by atoms with Crippen molar-refractivity contribution in [1.29, 1.82) is 0 Å². The summed E-state index contributed by atoms with van der Waals surface area (Å²) in [6.07, 6.45) is 3.66. The number of pyridine rings is 1. The van der Waals surface area contributed by atoms with E-state index in [0.29, 0.717) is 23.9 Å². The number of rotatable bonds is 5. The monoisotopic (exact) mass is 462 g/mol. The van der Waals surface area contributed by atoms with E-state index in [1.165, 1.54) is 11.3 Å². The SMILES string of the molecule is O=C(Cc1csc(N2Cc3ccccc3Oc3ccc(Cl)cc32)n1)NCc1cccnc1. The number of ether oxygens (including phenoxy) is 1. The maximum absolute atomic E-state index is 12.4. The number of aromatic nitrogens is 2. The summed E-state index contributed by atoms with van der Waals surface area (Å²) in [4.78, 5) is 23.3. The molecule has 0 fully saturated rings. The number of carbonyl (C=O) groups is 1. The molecule has 1 aliphatic heterocycles. The molecule has 0 spiro atoms. The lowest BCUT2D eigenvalue weighted by Crippen LogP contribution is -2.24. The molecule has 3 heterocycles. The average molecular weight is 463 g/mol. The van der Waals surface area contributed by atoms with Gasteiger partial charge in [0.05, 0.1) is 24.3 Å². The Balaban J connectivity index is 1.37. The Bertz CT molecular complexity index is 1260. The number of hydrogen-bond acceptors (Lipinski definition) is 6. The van der Waals surface area contributed by atoms with Gasteiger partial charge in [-0.15, -0.1) is 11.3 Å². The third-order valence-corrected chi connectivity index (χ3v) is 6.20. The second kappa shape index (κ2) is 8.98. The van der Waals surface area contributed by atoms with Crippen molar-refractivity contribution in [3.63, 3.8) is 0 Å². The summed E-state index contributed by atoms with van der Waals surface area (Å²) in [5, 5.41) is 6.24. The van der Waals surface area contributed by atoms with Gasteiger partial charge in [0.25, 0.3) is 0 Å². The van der Waals surface area contributed by atoms with E-state index in [9.17, 15) is 4.79 Å². The van der Waals surface area contributed by atoms with Crippen molar-refractivity contribution in [3.8, 4) is 11.5 Å². The molecule has 0 bridgehead atoms. The molecule has 0 aliphatic carbocycles. The molecule has 0 unspecified atom stereocenters. The minimum Gasteiger partial charge on any atom is -0.455 e. The number of anilines is 2. The minimum absolute atomic E-state index is 0.0845. The Morgan fingerprint density at radius 1 is 1.16 bits per heavy atom. The fourth-order valence-electron chi connectivity index (χ4n) is 3.50. The molecular formula is C24H19ClN4O2S. The number of fused-ring (bicyclic) bond motifs is 2. The number of nitrogens with one attached hydrogen (secondary N) is 1. The lowest BCUT2D eigenvalue weighted by Gasteiger charge is -2.21. The summed E-state index contributed by atoms with van der Waals surface area (Å²) >= 11 is 7.79. The first-order valence-corrected chi connectivity index (χ1v) is 11.3. The highest BCUT2D eigenvalue weighted by atomic mass is 35.5. The minimum atomic E-state index is -0.0845. The molecule has 1 N–H and O–H groups in total. The van der Waals surface area contributed by atoms with Crippen molar-refractivity contribution in [3.05, 3.63) is 94.2 Å². The summed E-state index contributed by atoms with van der Waals surface area (Å²) in [5.41, 5.74) is 3.56. The highest BCUT2D eigenvalue weighted by Crippen LogP contribution is 2.44.